The lowest BCUT2D eigenvalue weighted by molar-refractivity contribution is 0.477. The molecule has 0 aliphatic carbocycles. The van der Waals surface area contributed by atoms with Crippen LogP contribution in [0.2, 0.25) is 0 Å². The molecule has 14 rings (SSSR count). The number of ether oxygens (including phenoxy) is 2. The summed E-state index contributed by atoms with van der Waals surface area (Å²) in [5.74, 6) is 3.31. The number of hydrogen-bond donors (Lipinski definition) is 0. The Bertz CT molecular complexity index is 3850. The van der Waals surface area contributed by atoms with Gasteiger partial charge in [0.1, 0.15) is 0 Å². The third-order valence-electron chi connectivity index (χ3n) is 12.9. The molecule has 0 saturated carbocycles. The number of fused-ring (bicyclic) bond motifs is 11. The number of anilines is 6. The summed E-state index contributed by atoms with van der Waals surface area (Å²) in [5, 5.41) is 11.8. The Morgan fingerprint density at radius 1 is 0.302 bits per heavy atom. The van der Waals surface area contributed by atoms with Gasteiger partial charge >= 0.3 is 0 Å². The van der Waals surface area contributed by atoms with Crippen LogP contribution in [0.4, 0.5) is 34.1 Å². The molecular formula is C57H34N4O2. The van der Waals surface area contributed by atoms with Gasteiger partial charge in [-0.25, -0.2) is 0 Å². The Hall–Kier alpha value is -8.61. The summed E-state index contributed by atoms with van der Waals surface area (Å²) in [7, 11) is 0. The van der Waals surface area contributed by atoms with Crippen molar-refractivity contribution in [1.82, 2.24) is 9.55 Å². The normalized spacial score (nSPS) is 13.0. The first-order valence-corrected chi connectivity index (χ1v) is 21.2. The van der Waals surface area contributed by atoms with Crippen LogP contribution in [0.25, 0.3) is 70.6 Å². The van der Waals surface area contributed by atoms with Crippen molar-refractivity contribution < 1.29 is 9.47 Å². The van der Waals surface area contributed by atoms with Crippen LogP contribution in [0.5, 0.6) is 23.0 Å². The molecule has 0 bridgehead atoms. The summed E-state index contributed by atoms with van der Waals surface area (Å²) in [6, 6.07) is 69.5. The van der Waals surface area contributed by atoms with Crippen LogP contribution in [0.15, 0.2) is 207 Å². The summed E-state index contributed by atoms with van der Waals surface area (Å²) in [6.07, 6.45) is 3.73. The predicted molar refractivity (Wildman–Crippen MR) is 258 cm³/mol. The van der Waals surface area contributed by atoms with Gasteiger partial charge in [-0.05, 0) is 164 Å². The van der Waals surface area contributed by atoms with E-state index in [2.05, 4.69) is 183 Å². The number of aromatic nitrogens is 2. The summed E-state index contributed by atoms with van der Waals surface area (Å²) < 4.78 is 15.5. The van der Waals surface area contributed by atoms with E-state index < -0.39 is 0 Å². The van der Waals surface area contributed by atoms with Crippen molar-refractivity contribution in [1.29, 1.82) is 0 Å². The summed E-state index contributed by atoms with van der Waals surface area (Å²) in [4.78, 5) is 9.03. The molecule has 0 unspecified atom stereocenters. The minimum absolute atomic E-state index is 0.811. The summed E-state index contributed by atoms with van der Waals surface area (Å²) in [5.41, 5.74) is 9.43. The van der Waals surface area contributed by atoms with Gasteiger partial charge in [-0.2, -0.15) is 0 Å². The lowest BCUT2D eigenvalue weighted by Crippen LogP contribution is -2.16. The smallest absolute Gasteiger partial charge is 0.152 e. The van der Waals surface area contributed by atoms with Gasteiger partial charge in [-0.3, -0.25) is 4.98 Å². The summed E-state index contributed by atoms with van der Waals surface area (Å²) >= 11 is 0. The van der Waals surface area contributed by atoms with Crippen LogP contribution in [-0.4, -0.2) is 9.55 Å². The molecule has 2 aromatic heterocycles. The molecule has 63 heavy (non-hydrogen) atoms. The number of hydrogen-bond acceptors (Lipinski definition) is 5. The van der Waals surface area contributed by atoms with Crippen molar-refractivity contribution >= 4 is 99.0 Å². The lowest BCUT2D eigenvalue weighted by atomic mass is 10.0. The molecule has 294 valence electrons. The molecule has 2 aliphatic heterocycles. The molecule has 0 fully saturated rings. The largest absolute Gasteiger partial charge is 0.453 e. The first kappa shape index (κ1) is 34.1. The fourth-order valence-corrected chi connectivity index (χ4v) is 9.98. The highest BCUT2D eigenvalue weighted by Gasteiger charge is 2.29. The molecule has 6 heteroatoms. The van der Waals surface area contributed by atoms with Crippen LogP contribution in [0.1, 0.15) is 0 Å². The van der Waals surface area contributed by atoms with Gasteiger partial charge in [0.25, 0.3) is 0 Å². The number of nitrogens with zero attached hydrogens (tertiary/aromatic N) is 4. The van der Waals surface area contributed by atoms with E-state index >= 15 is 0 Å². The molecule has 0 saturated heterocycles. The average Bonchev–Trinajstić information content (AvgIpc) is 3.63. The predicted octanol–water partition coefficient (Wildman–Crippen LogP) is 15.9. The van der Waals surface area contributed by atoms with Gasteiger partial charge in [0.2, 0.25) is 0 Å². The molecule has 0 amide bonds. The Balaban J connectivity index is 0.938. The van der Waals surface area contributed by atoms with Gasteiger partial charge < -0.3 is 23.8 Å². The van der Waals surface area contributed by atoms with Crippen molar-refractivity contribution in [3.63, 3.8) is 0 Å². The van der Waals surface area contributed by atoms with Crippen LogP contribution in [0.3, 0.4) is 0 Å². The molecule has 0 spiro atoms. The highest BCUT2D eigenvalue weighted by Crippen LogP contribution is 2.54. The van der Waals surface area contributed by atoms with E-state index in [9.17, 15) is 0 Å². The Morgan fingerprint density at radius 2 is 0.746 bits per heavy atom. The van der Waals surface area contributed by atoms with Gasteiger partial charge in [-0.1, -0.05) is 72.8 Å². The minimum Gasteiger partial charge on any atom is -0.453 e. The molecule has 2 aliphatic rings. The van der Waals surface area contributed by atoms with Crippen LogP contribution < -0.4 is 19.3 Å². The molecule has 0 radical (unpaired) electrons. The Morgan fingerprint density at radius 3 is 1.33 bits per heavy atom. The van der Waals surface area contributed by atoms with Gasteiger partial charge in [-0.15, -0.1) is 0 Å². The molecule has 12 aromatic rings. The zero-order chi connectivity index (χ0) is 41.2. The first-order valence-electron chi connectivity index (χ1n) is 21.2. The van der Waals surface area contributed by atoms with Crippen LogP contribution in [0, 0.1) is 0 Å². The molecule has 4 heterocycles. The Kier molecular flexibility index (Phi) is 7.02. The number of para-hydroxylation sites is 6. The monoisotopic (exact) mass is 806 g/mol. The average molecular weight is 807 g/mol. The third kappa shape index (κ3) is 5.15. The molecule has 10 aromatic carbocycles. The van der Waals surface area contributed by atoms with Gasteiger partial charge in [0.05, 0.1) is 33.8 Å². The maximum Gasteiger partial charge on any atom is 0.152 e. The topological polar surface area (TPSA) is 42.8 Å². The SMILES string of the molecule is c1ccc2c(c1)Oc1ccccc1N2c1ccc2cc3cc(N4c5ccccc5Oc5cc6c7cc8cc9ccccc9cc8cc7n(-c7ccncc7)c6cc54)ccc3cc2c1. The number of rotatable bonds is 3. The van der Waals surface area contributed by atoms with Crippen molar-refractivity contribution in [2.75, 3.05) is 9.80 Å². The lowest BCUT2D eigenvalue weighted by Gasteiger charge is -2.33. The van der Waals surface area contributed by atoms with E-state index in [1.165, 1.54) is 43.1 Å². The summed E-state index contributed by atoms with van der Waals surface area (Å²) in [6.45, 7) is 0. The van der Waals surface area contributed by atoms with Crippen molar-refractivity contribution in [2.24, 2.45) is 0 Å². The molecular weight excluding hydrogens is 773 g/mol. The van der Waals surface area contributed by atoms with E-state index in [4.69, 9.17) is 9.47 Å². The minimum atomic E-state index is 0.811. The highest BCUT2D eigenvalue weighted by atomic mass is 16.5. The molecule has 0 atom stereocenters. The van der Waals surface area contributed by atoms with Gasteiger partial charge in [0.15, 0.2) is 23.0 Å². The maximum absolute atomic E-state index is 6.82. The fourth-order valence-electron chi connectivity index (χ4n) is 9.98. The molecule has 6 nitrogen and oxygen atoms in total. The van der Waals surface area contributed by atoms with Crippen LogP contribution >= 0.6 is 0 Å². The standard InChI is InChI=1S/C57H34N4O2/c1-2-10-36-26-42-32-51-46(31-41(42)25-35(36)9-1)47-33-57-53(34-52(47)59(51)43-21-23-58-24-22-43)61(50-13-5-8-16-56(50)63-57)45-20-18-38-27-39-29-44(19-17-37(39)28-40(38)30-45)60-48-11-3-6-14-54(48)62-55-15-7-4-12-49(55)60/h1-34H. The maximum atomic E-state index is 6.82. The third-order valence-corrected chi connectivity index (χ3v) is 12.9. The molecule has 0 N–H and O–H groups in total. The Labute approximate surface area is 361 Å². The van der Waals surface area contributed by atoms with E-state index in [1.807, 2.05) is 42.7 Å². The highest BCUT2D eigenvalue weighted by molar-refractivity contribution is 6.17. The van der Waals surface area contributed by atoms with Crippen molar-refractivity contribution in [2.45, 2.75) is 0 Å². The second-order valence-electron chi connectivity index (χ2n) is 16.5. The van der Waals surface area contributed by atoms with Crippen molar-refractivity contribution in [3.8, 4) is 28.7 Å². The van der Waals surface area contributed by atoms with E-state index in [-0.39, 0.29) is 0 Å². The zero-order valence-corrected chi connectivity index (χ0v) is 33.7. The number of benzene rings is 10. The fraction of sp³-hybridized carbons (Fsp3) is 0. The second kappa shape index (κ2) is 12.9. The van der Waals surface area contributed by atoms with E-state index in [1.54, 1.807) is 0 Å². The van der Waals surface area contributed by atoms with Gasteiger partial charge in [0, 0.05) is 40.2 Å². The second-order valence-corrected chi connectivity index (χ2v) is 16.5. The van der Waals surface area contributed by atoms with E-state index in [0.29, 0.717) is 0 Å². The zero-order valence-electron chi connectivity index (χ0n) is 33.7. The van der Waals surface area contributed by atoms with Crippen molar-refractivity contribution in [3.05, 3.63) is 207 Å². The van der Waals surface area contributed by atoms with Crippen LogP contribution in [-0.2, 0) is 0 Å². The van der Waals surface area contributed by atoms with E-state index in [0.717, 1.165) is 84.6 Å². The first-order chi connectivity index (χ1) is 31.2. The number of pyridine rings is 1. The quantitative estimate of drug-likeness (QED) is 0.166.